The Hall–Kier alpha value is -4.71. The molecule has 0 spiro atoms. The van der Waals surface area contributed by atoms with Gasteiger partial charge in [-0.1, -0.05) is 38.1 Å². The van der Waals surface area contributed by atoms with Crippen molar-refractivity contribution in [1.82, 2.24) is 24.6 Å². The summed E-state index contributed by atoms with van der Waals surface area (Å²) in [5.41, 5.74) is 7.96. The van der Waals surface area contributed by atoms with Crippen LogP contribution in [0.3, 0.4) is 0 Å². The number of nitrogens with one attached hydrogen (secondary N) is 1. The minimum absolute atomic E-state index is 0.103. The molecule has 232 valence electrons. The van der Waals surface area contributed by atoms with E-state index in [9.17, 15) is 18.0 Å². The van der Waals surface area contributed by atoms with Crippen molar-refractivity contribution in [3.05, 3.63) is 105 Å². The van der Waals surface area contributed by atoms with Gasteiger partial charge in [-0.2, -0.15) is 4.99 Å². The third kappa shape index (κ3) is 6.70. The van der Waals surface area contributed by atoms with Crippen molar-refractivity contribution in [2.45, 2.75) is 58.9 Å². The number of rotatable bonds is 6. The number of urea groups is 1. The average Bonchev–Trinajstić information content (AvgIpc) is 3.70. The van der Waals surface area contributed by atoms with Gasteiger partial charge in [0.25, 0.3) is 0 Å². The molecule has 8 nitrogen and oxygen atoms in total. The topological polar surface area (TPSA) is 86.3 Å². The molecule has 0 saturated heterocycles. The van der Waals surface area contributed by atoms with Crippen LogP contribution in [0.5, 0.6) is 5.75 Å². The predicted octanol–water partition coefficient (Wildman–Crippen LogP) is 7.20. The smallest absolute Gasteiger partial charge is 0.406 e. The highest BCUT2D eigenvalue weighted by atomic mass is 32.1. The molecule has 0 radical (unpaired) electrons. The molecule has 0 saturated carbocycles. The summed E-state index contributed by atoms with van der Waals surface area (Å²) in [4.78, 5) is 22.6. The molecule has 12 heteroatoms. The van der Waals surface area contributed by atoms with E-state index in [1.165, 1.54) is 52.2 Å². The molecule has 1 N–H and O–H groups in total. The van der Waals surface area contributed by atoms with Crippen LogP contribution in [0.4, 0.5) is 18.0 Å². The Morgan fingerprint density at radius 1 is 1.04 bits per heavy atom. The summed E-state index contributed by atoms with van der Waals surface area (Å²) in [5.74, 6) is 0.481. The Labute approximate surface area is 261 Å². The normalized spacial score (nSPS) is 15.0. The minimum atomic E-state index is -4.75. The van der Waals surface area contributed by atoms with Crippen molar-refractivity contribution < 1.29 is 22.7 Å². The number of hydrogen-bond acceptors (Lipinski definition) is 5. The Balaban J connectivity index is 1.16. The highest BCUT2D eigenvalue weighted by Gasteiger charge is 2.31. The van der Waals surface area contributed by atoms with Crippen molar-refractivity contribution in [2.75, 3.05) is 0 Å². The number of carbonyl (C=O) groups excluding carboxylic acids is 1. The Kier molecular flexibility index (Phi) is 8.08. The number of fused-ring (bicyclic) bond motifs is 1. The number of halogens is 3. The number of carbonyl (C=O) groups is 1. The van der Waals surface area contributed by atoms with E-state index in [1.54, 1.807) is 0 Å². The van der Waals surface area contributed by atoms with Gasteiger partial charge in [-0.3, -0.25) is 4.57 Å². The molecular formula is C33H31F3N6O2S. The lowest BCUT2D eigenvalue weighted by Crippen LogP contribution is -2.34. The molecule has 1 atom stereocenters. The summed E-state index contributed by atoms with van der Waals surface area (Å²) in [6, 6.07) is 17.3. The SMILES string of the molecule is Cc1ccc(C(C)C)c(-n2c(C)cs/c2=N\C(=O)NC2Cc3ccc(-c4ncn(-c5ccc(OC(F)(F)F)cc5)n4)cc3C2)c1. The second-order valence-electron chi connectivity index (χ2n) is 11.4. The van der Waals surface area contributed by atoms with Gasteiger partial charge in [-0.15, -0.1) is 29.6 Å². The fourth-order valence-corrected chi connectivity index (χ4v) is 6.44. The number of amides is 2. The molecule has 5 aromatic rings. The fourth-order valence-electron chi connectivity index (χ4n) is 5.57. The van der Waals surface area contributed by atoms with E-state index in [-0.39, 0.29) is 17.8 Å². The van der Waals surface area contributed by atoms with Gasteiger partial charge in [0.1, 0.15) is 12.1 Å². The fraction of sp³-hybridized carbons (Fsp3) is 0.273. The summed E-state index contributed by atoms with van der Waals surface area (Å²) in [7, 11) is 0. The van der Waals surface area contributed by atoms with Crippen molar-refractivity contribution >= 4 is 17.4 Å². The lowest BCUT2D eigenvalue weighted by molar-refractivity contribution is -0.274. The standard InChI is InChI=1S/C33H31F3N6O2S/c1-19(2)28-12-5-20(3)13-29(28)42-21(4)17-45-32(42)39-31(43)38-25-15-22-6-7-23(14-24(22)16-25)30-37-18-41(40-30)26-8-10-27(11-9-26)44-33(34,35)36/h5-14,17-19,25H,15-16H2,1-4H3,(H,38,43)/b39-32-. The van der Waals surface area contributed by atoms with Gasteiger partial charge in [-0.25, -0.2) is 14.5 Å². The largest absolute Gasteiger partial charge is 0.573 e. The lowest BCUT2D eigenvalue weighted by Gasteiger charge is -2.16. The first kappa shape index (κ1) is 30.3. The van der Waals surface area contributed by atoms with Crippen molar-refractivity contribution in [1.29, 1.82) is 0 Å². The van der Waals surface area contributed by atoms with E-state index in [0.717, 1.165) is 33.6 Å². The first-order chi connectivity index (χ1) is 21.4. The summed E-state index contributed by atoms with van der Waals surface area (Å²) in [6.07, 6.45) is -1.92. The number of benzene rings is 3. The quantitative estimate of drug-likeness (QED) is 0.215. The lowest BCUT2D eigenvalue weighted by atomic mass is 9.99. The van der Waals surface area contributed by atoms with Crippen molar-refractivity contribution in [3.8, 4) is 28.5 Å². The zero-order valence-electron chi connectivity index (χ0n) is 25.1. The number of hydrogen-bond donors (Lipinski definition) is 1. The molecule has 45 heavy (non-hydrogen) atoms. The van der Waals surface area contributed by atoms with Gasteiger partial charge in [0, 0.05) is 22.7 Å². The van der Waals surface area contributed by atoms with Crippen LogP contribution in [0, 0.1) is 13.8 Å². The number of alkyl halides is 3. The summed E-state index contributed by atoms with van der Waals surface area (Å²) >= 11 is 1.44. The first-order valence-corrected chi connectivity index (χ1v) is 15.3. The third-order valence-corrected chi connectivity index (χ3v) is 8.62. The van der Waals surface area contributed by atoms with E-state index in [2.05, 4.69) is 68.7 Å². The van der Waals surface area contributed by atoms with E-state index < -0.39 is 6.36 Å². The third-order valence-electron chi connectivity index (χ3n) is 7.68. The highest BCUT2D eigenvalue weighted by molar-refractivity contribution is 7.07. The second-order valence-corrected chi connectivity index (χ2v) is 12.3. The predicted molar refractivity (Wildman–Crippen MR) is 166 cm³/mol. The minimum Gasteiger partial charge on any atom is -0.406 e. The maximum atomic E-state index is 13.1. The molecule has 0 bridgehead atoms. The van der Waals surface area contributed by atoms with Gasteiger partial charge < -0.3 is 10.1 Å². The Bertz CT molecular complexity index is 1940. The van der Waals surface area contributed by atoms with Gasteiger partial charge >= 0.3 is 12.4 Å². The highest BCUT2D eigenvalue weighted by Crippen LogP contribution is 2.29. The molecule has 0 aliphatic heterocycles. The van der Waals surface area contributed by atoms with Crippen LogP contribution in [-0.4, -0.2) is 37.8 Å². The molecule has 0 fully saturated rings. The van der Waals surface area contributed by atoms with Gasteiger partial charge in [-0.05, 0) is 91.3 Å². The van der Waals surface area contributed by atoms with Crippen LogP contribution >= 0.6 is 11.3 Å². The van der Waals surface area contributed by atoms with Gasteiger partial charge in [0.05, 0.1) is 11.4 Å². The first-order valence-electron chi connectivity index (χ1n) is 14.5. The van der Waals surface area contributed by atoms with E-state index in [1.807, 2.05) is 30.5 Å². The maximum absolute atomic E-state index is 13.1. The summed E-state index contributed by atoms with van der Waals surface area (Å²) in [6.45, 7) is 8.39. The maximum Gasteiger partial charge on any atom is 0.573 e. The molecular weight excluding hydrogens is 601 g/mol. The van der Waals surface area contributed by atoms with E-state index >= 15 is 0 Å². The van der Waals surface area contributed by atoms with E-state index in [0.29, 0.717) is 35.1 Å². The molecule has 2 heterocycles. The zero-order valence-corrected chi connectivity index (χ0v) is 25.9. The molecule has 3 aromatic carbocycles. The van der Waals surface area contributed by atoms with Gasteiger partial charge in [0.15, 0.2) is 10.6 Å². The average molecular weight is 633 g/mol. The second kappa shape index (κ2) is 12.0. The summed E-state index contributed by atoms with van der Waals surface area (Å²) in [5, 5.41) is 9.61. The van der Waals surface area contributed by atoms with Crippen LogP contribution in [-0.2, 0) is 12.8 Å². The zero-order chi connectivity index (χ0) is 31.9. The number of thiazole rings is 1. The summed E-state index contributed by atoms with van der Waals surface area (Å²) < 4.78 is 44.9. The van der Waals surface area contributed by atoms with Crippen molar-refractivity contribution in [3.63, 3.8) is 0 Å². The van der Waals surface area contributed by atoms with Gasteiger partial charge in [0.2, 0.25) is 0 Å². The van der Waals surface area contributed by atoms with Crippen LogP contribution < -0.4 is 14.9 Å². The molecule has 1 aliphatic rings. The molecule has 2 amide bonds. The van der Waals surface area contributed by atoms with Crippen LogP contribution in [0.1, 0.15) is 47.7 Å². The molecule has 1 unspecified atom stereocenters. The Morgan fingerprint density at radius 2 is 1.80 bits per heavy atom. The van der Waals surface area contributed by atoms with Crippen LogP contribution in [0.25, 0.3) is 22.8 Å². The van der Waals surface area contributed by atoms with E-state index in [4.69, 9.17) is 0 Å². The van der Waals surface area contributed by atoms with Crippen molar-refractivity contribution in [2.24, 2.45) is 4.99 Å². The molecule has 1 aliphatic carbocycles. The number of aromatic nitrogens is 4. The monoisotopic (exact) mass is 632 g/mol. The number of ether oxygens (including phenoxy) is 1. The number of nitrogens with zero attached hydrogens (tertiary/aromatic N) is 5. The Morgan fingerprint density at radius 3 is 2.53 bits per heavy atom. The molecule has 2 aromatic heterocycles. The number of aryl methyl sites for hydroxylation is 2. The molecule has 6 rings (SSSR count). The van der Waals surface area contributed by atoms with Crippen LogP contribution in [0.2, 0.25) is 0 Å². The van der Waals surface area contributed by atoms with Crippen LogP contribution in [0.15, 0.2) is 77.4 Å².